The third-order valence-corrected chi connectivity index (χ3v) is 6.34. The van der Waals surface area contributed by atoms with E-state index in [1.165, 1.54) is 0 Å². The third kappa shape index (κ3) is 4.13. The van der Waals surface area contributed by atoms with Crippen LogP contribution in [-0.4, -0.2) is 31.6 Å². The largest absolute Gasteiger partial charge is 0.382 e. The molecule has 0 spiro atoms. The molecule has 4 rings (SSSR count). The summed E-state index contributed by atoms with van der Waals surface area (Å²) >= 11 is 1.57. The molecule has 1 atom stereocenters. The third-order valence-electron chi connectivity index (χ3n) is 5.41. The molecule has 1 aliphatic heterocycles. The molecule has 1 aromatic heterocycles. The lowest BCUT2D eigenvalue weighted by molar-refractivity contribution is -0.116. The molecule has 30 heavy (non-hydrogen) atoms. The number of para-hydroxylation sites is 2. The highest BCUT2D eigenvalue weighted by Crippen LogP contribution is 2.45. The van der Waals surface area contributed by atoms with E-state index in [0.29, 0.717) is 31.8 Å². The zero-order valence-electron chi connectivity index (χ0n) is 17.1. The first-order chi connectivity index (χ1) is 14.7. The van der Waals surface area contributed by atoms with E-state index in [-0.39, 0.29) is 11.8 Å². The first-order valence-electron chi connectivity index (χ1n) is 10.5. The lowest BCUT2D eigenvalue weighted by Crippen LogP contribution is -2.44. The van der Waals surface area contributed by atoms with Crippen LogP contribution in [0.15, 0.2) is 53.0 Å². The molecule has 2 heterocycles. The zero-order chi connectivity index (χ0) is 20.9. The Labute approximate surface area is 180 Å². The van der Waals surface area contributed by atoms with Gasteiger partial charge in [0.15, 0.2) is 5.78 Å². The molecular weight excluding hydrogens is 398 g/mol. The van der Waals surface area contributed by atoms with Gasteiger partial charge in [0.05, 0.1) is 11.4 Å². The molecule has 2 amide bonds. The average molecular weight is 426 g/mol. The first-order valence-corrected chi connectivity index (χ1v) is 11.4. The Kier molecular flexibility index (Phi) is 6.50. The first kappa shape index (κ1) is 20.6. The smallest absolute Gasteiger partial charge is 0.322 e. The highest BCUT2D eigenvalue weighted by molar-refractivity contribution is 7.10. The monoisotopic (exact) mass is 425 g/mol. The number of thiophene rings is 1. The fraction of sp³-hybridized carbons (Fsp3) is 0.391. The highest BCUT2D eigenvalue weighted by atomic mass is 32.1. The normalized spacial score (nSPS) is 18.4. The predicted molar refractivity (Wildman–Crippen MR) is 120 cm³/mol. The van der Waals surface area contributed by atoms with Crippen molar-refractivity contribution in [2.24, 2.45) is 0 Å². The molecule has 0 saturated heterocycles. The maximum Gasteiger partial charge on any atom is 0.322 e. The fourth-order valence-electron chi connectivity index (χ4n) is 4.07. The lowest BCUT2D eigenvalue weighted by Gasteiger charge is -2.33. The van der Waals surface area contributed by atoms with Crippen molar-refractivity contribution < 1.29 is 14.3 Å². The van der Waals surface area contributed by atoms with Gasteiger partial charge in [-0.3, -0.25) is 9.69 Å². The number of urea groups is 1. The van der Waals surface area contributed by atoms with Gasteiger partial charge in [0.25, 0.3) is 0 Å². The van der Waals surface area contributed by atoms with Gasteiger partial charge in [-0.2, -0.15) is 0 Å². The van der Waals surface area contributed by atoms with Gasteiger partial charge < -0.3 is 15.4 Å². The minimum atomic E-state index is -0.434. The van der Waals surface area contributed by atoms with Crippen LogP contribution in [0, 0.1) is 0 Å². The number of rotatable bonds is 6. The summed E-state index contributed by atoms with van der Waals surface area (Å²) in [6, 6.07) is 11.1. The number of anilines is 2. The van der Waals surface area contributed by atoms with Crippen molar-refractivity contribution in [3.05, 3.63) is 57.9 Å². The fourth-order valence-corrected chi connectivity index (χ4v) is 4.90. The molecule has 0 bridgehead atoms. The van der Waals surface area contributed by atoms with Crippen LogP contribution in [0.4, 0.5) is 16.2 Å². The van der Waals surface area contributed by atoms with Crippen molar-refractivity contribution in [3.8, 4) is 0 Å². The summed E-state index contributed by atoms with van der Waals surface area (Å²) in [5.74, 6) is 0.115. The second-order valence-electron chi connectivity index (χ2n) is 7.38. The minimum Gasteiger partial charge on any atom is -0.382 e. The summed E-state index contributed by atoms with van der Waals surface area (Å²) in [4.78, 5) is 29.3. The second-order valence-corrected chi connectivity index (χ2v) is 8.36. The molecule has 0 saturated carbocycles. The van der Waals surface area contributed by atoms with Crippen LogP contribution in [0.5, 0.6) is 0 Å². The number of carbonyl (C=O) groups is 2. The number of amides is 2. The lowest BCUT2D eigenvalue weighted by atomic mass is 9.88. The summed E-state index contributed by atoms with van der Waals surface area (Å²) in [6.07, 6.45) is 2.89. The Bertz CT molecular complexity index is 939. The Morgan fingerprint density at radius 1 is 1.27 bits per heavy atom. The molecule has 1 aromatic carbocycles. The van der Waals surface area contributed by atoms with Crippen LogP contribution >= 0.6 is 11.3 Å². The van der Waals surface area contributed by atoms with Crippen LogP contribution in [0.25, 0.3) is 0 Å². The molecule has 2 aliphatic rings. The number of fused-ring (bicyclic) bond motifs is 1. The van der Waals surface area contributed by atoms with E-state index in [0.717, 1.165) is 41.2 Å². The number of hydrogen-bond acceptors (Lipinski definition) is 5. The van der Waals surface area contributed by atoms with E-state index in [4.69, 9.17) is 4.74 Å². The zero-order valence-corrected chi connectivity index (χ0v) is 18.0. The predicted octanol–water partition coefficient (Wildman–Crippen LogP) is 4.86. The number of benzene rings is 1. The Hall–Kier alpha value is -2.64. The maximum absolute atomic E-state index is 13.5. The van der Waals surface area contributed by atoms with E-state index in [1.54, 1.807) is 16.2 Å². The van der Waals surface area contributed by atoms with Crippen molar-refractivity contribution in [3.63, 3.8) is 0 Å². The van der Waals surface area contributed by atoms with E-state index in [1.807, 2.05) is 48.7 Å². The van der Waals surface area contributed by atoms with Gasteiger partial charge in [0.1, 0.15) is 6.04 Å². The minimum absolute atomic E-state index is 0.115. The molecule has 0 radical (unpaired) electrons. The second kappa shape index (κ2) is 9.45. The molecule has 1 aliphatic carbocycles. The molecular formula is C23H27N3O3S. The van der Waals surface area contributed by atoms with Crippen molar-refractivity contribution in [1.29, 1.82) is 0 Å². The summed E-state index contributed by atoms with van der Waals surface area (Å²) in [5, 5.41) is 8.50. The van der Waals surface area contributed by atoms with Crippen LogP contribution < -0.4 is 15.5 Å². The SMILES string of the molecule is CCOCCCNC(=O)N1c2ccccc2NC2=C(C(=O)CCC2)[C@H]1c1cccs1. The average Bonchev–Trinajstić information content (AvgIpc) is 3.23. The van der Waals surface area contributed by atoms with Gasteiger partial charge in [0, 0.05) is 42.3 Å². The number of allylic oxidation sites excluding steroid dienone is 1. The van der Waals surface area contributed by atoms with Crippen LogP contribution in [0.3, 0.4) is 0 Å². The van der Waals surface area contributed by atoms with E-state index in [9.17, 15) is 9.59 Å². The molecule has 0 fully saturated rings. The van der Waals surface area contributed by atoms with Crippen molar-refractivity contribution in [2.75, 3.05) is 30.0 Å². The van der Waals surface area contributed by atoms with Crippen LogP contribution in [0.2, 0.25) is 0 Å². The van der Waals surface area contributed by atoms with Gasteiger partial charge in [-0.15, -0.1) is 11.3 Å². The van der Waals surface area contributed by atoms with E-state index < -0.39 is 6.04 Å². The number of ether oxygens (including phenoxy) is 1. The standard InChI is InChI=1S/C23H27N3O3S/c1-2-29-14-7-13-24-23(28)26-18-10-4-3-8-16(18)25-17-9-5-11-19(27)21(17)22(26)20-12-6-15-30-20/h3-4,6,8,10,12,15,22,25H,2,5,7,9,11,13-14H2,1H3,(H,24,28)/t22-/m1/s1. The molecule has 7 heteroatoms. The Morgan fingerprint density at radius 3 is 2.93 bits per heavy atom. The van der Waals surface area contributed by atoms with Crippen molar-refractivity contribution in [2.45, 2.75) is 38.6 Å². The van der Waals surface area contributed by atoms with Crippen LogP contribution in [0.1, 0.15) is 43.5 Å². The topological polar surface area (TPSA) is 70.7 Å². The highest BCUT2D eigenvalue weighted by Gasteiger charge is 2.39. The number of hydrogen-bond donors (Lipinski definition) is 2. The molecule has 158 valence electrons. The van der Waals surface area contributed by atoms with E-state index >= 15 is 0 Å². The van der Waals surface area contributed by atoms with Gasteiger partial charge in [-0.1, -0.05) is 18.2 Å². The van der Waals surface area contributed by atoms with Crippen LogP contribution in [-0.2, 0) is 9.53 Å². The molecule has 2 aromatic rings. The number of Topliss-reactive ketones (excluding diaryl/α,β-unsaturated/α-hetero) is 1. The van der Waals surface area contributed by atoms with E-state index in [2.05, 4.69) is 10.6 Å². The quantitative estimate of drug-likeness (QED) is 0.648. The van der Waals surface area contributed by atoms with Crippen molar-refractivity contribution >= 4 is 34.5 Å². The summed E-state index contributed by atoms with van der Waals surface area (Å²) < 4.78 is 5.38. The maximum atomic E-state index is 13.5. The Balaban J connectivity index is 1.75. The molecule has 2 N–H and O–H groups in total. The van der Waals surface area contributed by atoms with Gasteiger partial charge >= 0.3 is 6.03 Å². The van der Waals surface area contributed by atoms with Crippen molar-refractivity contribution in [1.82, 2.24) is 5.32 Å². The molecule has 6 nitrogen and oxygen atoms in total. The number of nitrogens with one attached hydrogen (secondary N) is 2. The van der Waals surface area contributed by atoms with Gasteiger partial charge in [0.2, 0.25) is 0 Å². The number of nitrogens with zero attached hydrogens (tertiary/aromatic N) is 1. The summed E-state index contributed by atoms with van der Waals surface area (Å²) in [6.45, 7) is 3.75. The van der Waals surface area contributed by atoms with Gasteiger partial charge in [-0.05, 0) is 49.8 Å². The van der Waals surface area contributed by atoms with Gasteiger partial charge in [-0.25, -0.2) is 4.79 Å². The number of ketones is 1. The Morgan fingerprint density at radius 2 is 2.13 bits per heavy atom. The number of carbonyl (C=O) groups excluding carboxylic acids is 2. The summed E-state index contributed by atoms with van der Waals surface area (Å²) in [7, 11) is 0. The molecule has 0 unspecified atom stereocenters. The summed E-state index contributed by atoms with van der Waals surface area (Å²) in [5.41, 5.74) is 3.27.